The Balaban J connectivity index is 2.44. The van der Waals surface area contributed by atoms with Crippen LogP contribution in [0.25, 0.3) is 0 Å². The Hall–Kier alpha value is -1.98. The Kier molecular flexibility index (Phi) is 4.49. The fraction of sp³-hybridized carbons (Fsp3) is 0.500. The predicted octanol–water partition coefficient (Wildman–Crippen LogP) is 2.71. The largest absolute Gasteiger partial charge is 0.480 e. The van der Waals surface area contributed by atoms with Gasteiger partial charge in [0, 0.05) is 18.7 Å². The highest BCUT2D eigenvalue weighted by Gasteiger charge is 2.47. The van der Waals surface area contributed by atoms with E-state index in [1.54, 1.807) is 0 Å². The maximum absolute atomic E-state index is 14.2. The predicted molar refractivity (Wildman–Crippen MR) is 76.4 cm³/mol. The molecule has 0 radical (unpaired) electrons. The molecule has 1 amide bonds. The number of carboxylic acids is 1. The summed E-state index contributed by atoms with van der Waals surface area (Å²) >= 11 is 0. The molecule has 1 aliphatic rings. The first-order valence-corrected chi connectivity index (χ1v) is 7.25. The minimum Gasteiger partial charge on any atom is -0.480 e. The van der Waals surface area contributed by atoms with Gasteiger partial charge in [-0.15, -0.1) is 0 Å². The highest BCUT2D eigenvalue weighted by molar-refractivity contribution is 5.91. The van der Waals surface area contributed by atoms with Crippen molar-refractivity contribution in [3.63, 3.8) is 0 Å². The zero-order valence-corrected chi connectivity index (χ0v) is 12.6. The van der Waals surface area contributed by atoms with E-state index in [2.05, 4.69) is 0 Å². The van der Waals surface area contributed by atoms with Crippen LogP contribution in [0.5, 0.6) is 0 Å². The molecule has 0 heterocycles. The van der Waals surface area contributed by atoms with Crippen molar-refractivity contribution in [1.29, 1.82) is 0 Å². The van der Waals surface area contributed by atoms with Crippen molar-refractivity contribution in [2.75, 3.05) is 7.05 Å². The minimum absolute atomic E-state index is 0.154. The number of amides is 1. The molecule has 0 aromatic heterocycles. The molecule has 0 saturated heterocycles. The Labute approximate surface area is 127 Å². The van der Waals surface area contributed by atoms with E-state index >= 15 is 0 Å². The van der Waals surface area contributed by atoms with Crippen molar-refractivity contribution in [3.05, 3.63) is 35.4 Å². The van der Waals surface area contributed by atoms with Crippen molar-refractivity contribution < 1.29 is 23.5 Å². The van der Waals surface area contributed by atoms with Crippen LogP contribution in [0.1, 0.15) is 38.2 Å². The molecule has 22 heavy (non-hydrogen) atoms. The fourth-order valence-electron chi connectivity index (χ4n) is 3.13. The lowest BCUT2D eigenvalue weighted by Crippen LogP contribution is -2.49. The quantitative estimate of drug-likeness (QED) is 0.930. The van der Waals surface area contributed by atoms with Gasteiger partial charge in [-0.3, -0.25) is 4.79 Å². The van der Waals surface area contributed by atoms with E-state index in [1.165, 1.54) is 20.0 Å². The molecule has 1 aromatic carbocycles. The van der Waals surface area contributed by atoms with E-state index in [4.69, 9.17) is 5.11 Å². The van der Waals surface area contributed by atoms with E-state index in [1.807, 2.05) is 0 Å². The SMILES string of the molecule is CC(C(=O)O)N(C)C(=O)C1(c2ccc(F)cc2F)CCCC1. The van der Waals surface area contributed by atoms with E-state index in [9.17, 15) is 18.4 Å². The third-order valence-electron chi connectivity index (χ3n) is 4.57. The van der Waals surface area contributed by atoms with Crippen molar-refractivity contribution >= 4 is 11.9 Å². The third-order valence-corrected chi connectivity index (χ3v) is 4.57. The first-order valence-electron chi connectivity index (χ1n) is 7.25. The minimum atomic E-state index is -1.12. The van der Waals surface area contributed by atoms with Crippen LogP contribution in [0.3, 0.4) is 0 Å². The fourth-order valence-corrected chi connectivity index (χ4v) is 3.13. The highest BCUT2D eigenvalue weighted by Crippen LogP contribution is 2.43. The lowest BCUT2D eigenvalue weighted by molar-refractivity contribution is -0.150. The number of carboxylic acid groups (broad SMARTS) is 1. The van der Waals surface area contributed by atoms with Crippen molar-refractivity contribution in [3.8, 4) is 0 Å². The molecule has 1 aromatic rings. The van der Waals surface area contributed by atoms with Crippen molar-refractivity contribution in [2.45, 2.75) is 44.1 Å². The van der Waals surface area contributed by atoms with Gasteiger partial charge in [-0.2, -0.15) is 0 Å². The zero-order valence-electron chi connectivity index (χ0n) is 12.6. The standard InChI is InChI=1S/C16H19F2NO3/c1-10(14(20)21)19(2)15(22)16(7-3-4-8-16)12-6-5-11(17)9-13(12)18/h5-6,9-10H,3-4,7-8H2,1-2H3,(H,20,21). The van der Waals surface area contributed by atoms with E-state index in [-0.39, 0.29) is 5.56 Å². The number of likely N-dealkylation sites (N-methyl/N-ethyl adjacent to an activating group) is 1. The summed E-state index contributed by atoms with van der Waals surface area (Å²) in [7, 11) is 1.41. The van der Waals surface area contributed by atoms with Crippen LogP contribution in [-0.2, 0) is 15.0 Å². The number of nitrogens with zero attached hydrogens (tertiary/aromatic N) is 1. The van der Waals surface area contributed by atoms with Crippen LogP contribution in [0.4, 0.5) is 8.78 Å². The molecule has 120 valence electrons. The Morgan fingerprint density at radius 1 is 1.27 bits per heavy atom. The number of aliphatic carboxylic acids is 1. The topological polar surface area (TPSA) is 57.6 Å². The number of rotatable bonds is 4. The second-order valence-corrected chi connectivity index (χ2v) is 5.84. The molecular weight excluding hydrogens is 292 g/mol. The molecule has 6 heteroatoms. The van der Waals surface area contributed by atoms with E-state index in [0.717, 1.165) is 29.9 Å². The average molecular weight is 311 g/mol. The van der Waals surface area contributed by atoms with Gasteiger partial charge < -0.3 is 10.0 Å². The molecule has 1 fully saturated rings. The first-order chi connectivity index (χ1) is 10.3. The van der Waals surface area contributed by atoms with Gasteiger partial charge in [0.2, 0.25) is 5.91 Å². The number of hydrogen-bond donors (Lipinski definition) is 1. The molecule has 2 rings (SSSR count). The van der Waals surface area contributed by atoms with E-state index < -0.39 is 35.0 Å². The Morgan fingerprint density at radius 3 is 2.36 bits per heavy atom. The number of carbonyl (C=O) groups is 2. The molecule has 1 saturated carbocycles. The van der Waals surface area contributed by atoms with Gasteiger partial charge in [0.05, 0.1) is 5.41 Å². The second-order valence-electron chi connectivity index (χ2n) is 5.84. The van der Waals surface area contributed by atoms with Crippen molar-refractivity contribution in [1.82, 2.24) is 4.90 Å². The number of benzene rings is 1. The molecule has 0 spiro atoms. The Morgan fingerprint density at radius 2 is 1.86 bits per heavy atom. The van der Waals surface area contributed by atoms with Crippen LogP contribution < -0.4 is 0 Å². The lowest BCUT2D eigenvalue weighted by atomic mass is 9.77. The van der Waals surface area contributed by atoms with Crippen LogP contribution >= 0.6 is 0 Å². The van der Waals surface area contributed by atoms with Gasteiger partial charge in [-0.05, 0) is 25.8 Å². The summed E-state index contributed by atoms with van der Waals surface area (Å²) in [6.07, 6.45) is 2.37. The van der Waals surface area contributed by atoms with Crippen LogP contribution in [-0.4, -0.2) is 35.0 Å². The van der Waals surface area contributed by atoms with Gasteiger partial charge in [0.1, 0.15) is 17.7 Å². The molecule has 1 unspecified atom stereocenters. The van der Waals surface area contributed by atoms with Crippen LogP contribution in [0, 0.1) is 11.6 Å². The van der Waals surface area contributed by atoms with Gasteiger partial charge >= 0.3 is 5.97 Å². The Bertz CT molecular complexity index is 597. The van der Waals surface area contributed by atoms with Crippen LogP contribution in [0.2, 0.25) is 0 Å². The van der Waals surface area contributed by atoms with Gasteiger partial charge in [0.25, 0.3) is 0 Å². The number of halogens is 2. The highest BCUT2D eigenvalue weighted by atomic mass is 19.1. The zero-order chi connectivity index (χ0) is 16.5. The lowest BCUT2D eigenvalue weighted by Gasteiger charge is -2.34. The summed E-state index contributed by atoms with van der Waals surface area (Å²) in [5, 5.41) is 9.07. The smallest absolute Gasteiger partial charge is 0.326 e. The van der Waals surface area contributed by atoms with E-state index in [0.29, 0.717) is 12.8 Å². The van der Waals surface area contributed by atoms with Gasteiger partial charge in [-0.25, -0.2) is 13.6 Å². The summed E-state index contributed by atoms with van der Waals surface area (Å²) in [5.41, 5.74) is -0.947. The summed E-state index contributed by atoms with van der Waals surface area (Å²) in [6.45, 7) is 1.41. The summed E-state index contributed by atoms with van der Waals surface area (Å²) in [4.78, 5) is 25.1. The second kappa shape index (κ2) is 6.02. The third kappa shape index (κ3) is 2.69. The van der Waals surface area contributed by atoms with Crippen LogP contribution in [0.15, 0.2) is 18.2 Å². The van der Waals surface area contributed by atoms with Crippen molar-refractivity contribution in [2.24, 2.45) is 0 Å². The maximum Gasteiger partial charge on any atom is 0.326 e. The maximum atomic E-state index is 14.2. The average Bonchev–Trinajstić information content (AvgIpc) is 2.95. The van der Waals surface area contributed by atoms with Gasteiger partial charge in [0.15, 0.2) is 0 Å². The molecule has 0 bridgehead atoms. The summed E-state index contributed by atoms with van der Waals surface area (Å²) in [5.74, 6) is -3.00. The molecule has 1 N–H and O–H groups in total. The molecular formula is C16H19F2NO3. The molecule has 1 aliphatic carbocycles. The monoisotopic (exact) mass is 311 g/mol. The van der Waals surface area contributed by atoms with Gasteiger partial charge in [-0.1, -0.05) is 18.9 Å². The normalized spacial score (nSPS) is 18.0. The number of carbonyl (C=O) groups excluding carboxylic acids is 1. The molecule has 0 aliphatic heterocycles. The summed E-state index contributed by atoms with van der Waals surface area (Å²) < 4.78 is 27.3. The first kappa shape index (κ1) is 16.4. The number of hydrogen-bond acceptors (Lipinski definition) is 2. The molecule has 4 nitrogen and oxygen atoms in total. The molecule has 1 atom stereocenters. The summed E-state index contributed by atoms with van der Waals surface area (Å²) in [6, 6.07) is 2.19.